The van der Waals surface area contributed by atoms with Gasteiger partial charge in [0, 0.05) is 31.2 Å². The molecule has 0 atom stereocenters. The van der Waals surface area contributed by atoms with E-state index in [0.717, 1.165) is 6.54 Å². The Balaban J connectivity index is 2.73. The first-order valence-electron chi connectivity index (χ1n) is 3.19. The van der Waals surface area contributed by atoms with Crippen molar-refractivity contribution < 1.29 is 0 Å². The van der Waals surface area contributed by atoms with Crippen LogP contribution in [0.5, 0.6) is 0 Å². The second-order valence-corrected chi connectivity index (χ2v) is 3.25. The quantitative estimate of drug-likeness (QED) is 0.503. The molecule has 0 unspecified atom stereocenters. The third kappa shape index (κ3) is 0.827. The molecule has 1 aliphatic rings. The fourth-order valence-corrected chi connectivity index (χ4v) is 1.67. The van der Waals surface area contributed by atoms with Gasteiger partial charge in [-0.1, -0.05) is 0 Å². The number of fused-ring (bicyclic) bond motifs is 1. The standard InChI is InChI=1S/C7H8N2S/c1-9-3-2-7-6(5-9)4-8-10-7/h2,4-5H,3H2,1H3. The van der Waals surface area contributed by atoms with E-state index in [4.69, 9.17) is 0 Å². The number of rotatable bonds is 0. The van der Waals surface area contributed by atoms with Gasteiger partial charge in [-0.25, -0.2) is 0 Å². The molecule has 0 spiro atoms. The Morgan fingerprint density at radius 2 is 2.60 bits per heavy atom. The van der Waals surface area contributed by atoms with Crippen molar-refractivity contribution in [2.24, 2.45) is 0 Å². The highest BCUT2D eigenvalue weighted by atomic mass is 32.1. The van der Waals surface area contributed by atoms with Crippen molar-refractivity contribution in [3.8, 4) is 0 Å². The summed E-state index contributed by atoms with van der Waals surface area (Å²) in [5.74, 6) is 0. The van der Waals surface area contributed by atoms with Crippen molar-refractivity contribution in [1.82, 2.24) is 9.27 Å². The number of aromatic nitrogens is 1. The van der Waals surface area contributed by atoms with Gasteiger partial charge in [0.25, 0.3) is 0 Å². The fraction of sp³-hybridized carbons (Fsp3) is 0.286. The molecule has 0 aromatic carbocycles. The third-order valence-electron chi connectivity index (χ3n) is 1.55. The molecule has 1 aromatic heterocycles. The summed E-state index contributed by atoms with van der Waals surface area (Å²) in [6, 6.07) is 0. The average molecular weight is 152 g/mol. The summed E-state index contributed by atoms with van der Waals surface area (Å²) in [6.07, 6.45) is 6.23. The Hall–Kier alpha value is -0.830. The maximum Gasteiger partial charge on any atom is 0.0542 e. The first kappa shape index (κ1) is 5.92. The molecule has 0 saturated carbocycles. The van der Waals surface area contributed by atoms with Crippen LogP contribution in [0.4, 0.5) is 0 Å². The minimum absolute atomic E-state index is 1.01. The molecular weight excluding hydrogens is 144 g/mol. The SMILES string of the molecule is CN1C=c2cnsc2=CC1. The lowest BCUT2D eigenvalue weighted by molar-refractivity contribution is 0.565. The molecule has 2 rings (SSSR count). The summed E-state index contributed by atoms with van der Waals surface area (Å²) in [5.41, 5.74) is 0. The van der Waals surface area contributed by atoms with E-state index in [0.29, 0.717) is 0 Å². The van der Waals surface area contributed by atoms with Gasteiger partial charge < -0.3 is 4.90 Å². The van der Waals surface area contributed by atoms with E-state index in [2.05, 4.69) is 28.6 Å². The van der Waals surface area contributed by atoms with Gasteiger partial charge in [-0.05, 0) is 17.6 Å². The van der Waals surface area contributed by atoms with E-state index in [9.17, 15) is 0 Å². The van der Waals surface area contributed by atoms with Crippen LogP contribution in [0.3, 0.4) is 0 Å². The molecule has 0 bridgehead atoms. The van der Waals surface area contributed by atoms with Crippen molar-refractivity contribution in [2.45, 2.75) is 0 Å². The highest BCUT2D eigenvalue weighted by Crippen LogP contribution is 1.88. The normalized spacial score (nSPS) is 15.5. The van der Waals surface area contributed by atoms with Crippen LogP contribution >= 0.6 is 11.5 Å². The molecule has 0 radical (unpaired) electrons. The van der Waals surface area contributed by atoms with E-state index in [1.807, 2.05) is 6.20 Å². The zero-order valence-corrected chi connectivity index (χ0v) is 6.56. The lowest BCUT2D eigenvalue weighted by atomic mass is 10.3. The first-order valence-corrected chi connectivity index (χ1v) is 3.96. The van der Waals surface area contributed by atoms with Gasteiger partial charge in [-0.15, -0.1) is 0 Å². The molecule has 3 heteroatoms. The molecule has 0 N–H and O–H groups in total. The number of nitrogens with zero attached hydrogens (tertiary/aromatic N) is 2. The Bertz CT molecular complexity index is 339. The molecule has 10 heavy (non-hydrogen) atoms. The van der Waals surface area contributed by atoms with Crippen molar-refractivity contribution in [1.29, 1.82) is 0 Å². The molecule has 2 nitrogen and oxygen atoms in total. The van der Waals surface area contributed by atoms with Crippen molar-refractivity contribution in [2.75, 3.05) is 13.6 Å². The van der Waals surface area contributed by atoms with Crippen LogP contribution in [0.15, 0.2) is 6.20 Å². The summed E-state index contributed by atoms with van der Waals surface area (Å²) in [6.45, 7) is 1.01. The predicted octanol–water partition coefficient (Wildman–Crippen LogP) is -0.393. The van der Waals surface area contributed by atoms with E-state index in [-0.39, 0.29) is 0 Å². The van der Waals surface area contributed by atoms with Gasteiger partial charge in [0.1, 0.15) is 0 Å². The van der Waals surface area contributed by atoms with Crippen molar-refractivity contribution >= 4 is 23.8 Å². The largest absolute Gasteiger partial charge is 0.376 e. The zero-order chi connectivity index (χ0) is 6.97. The van der Waals surface area contributed by atoms with Crippen LogP contribution < -0.4 is 9.75 Å². The van der Waals surface area contributed by atoms with Gasteiger partial charge in [-0.2, -0.15) is 4.37 Å². The van der Waals surface area contributed by atoms with E-state index < -0.39 is 0 Å². The van der Waals surface area contributed by atoms with E-state index in [1.54, 1.807) is 11.5 Å². The van der Waals surface area contributed by atoms with Crippen LogP contribution in [-0.4, -0.2) is 22.9 Å². The smallest absolute Gasteiger partial charge is 0.0542 e. The maximum atomic E-state index is 4.09. The van der Waals surface area contributed by atoms with E-state index in [1.165, 1.54) is 9.75 Å². The molecule has 0 amide bonds. The molecule has 1 aromatic rings. The highest BCUT2D eigenvalue weighted by molar-refractivity contribution is 7.03. The molecule has 1 aliphatic heterocycles. The summed E-state index contributed by atoms with van der Waals surface area (Å²) >= 11 is 1.56. The first-order chi connectivity index (χ1) is 4.86. The molecular formula is C7H8N2S. The van der Waals surface area contributed by atoms with Crippen LogP contribution in [0, 0.1) is 0 Å². The Kier molecular flexibility index (Phi) is 1.24. The Labute approximate surface area is 63.3 Å². The molecule has 52 valence electrons. The molecule has 0 aliphatic carbocycles. The minimum atomic E-state index is 1.01. The van der Waals surface area contributed by atoms with E-state index >= 15 is 0 Å². The summed E-state index contributed by atoms with van der Waals surface area (Å²) in [5, 5.41) is 1.25. The van der Waals surface area contributed by atoms with Crippen LogP contribution in [-0.2, 0) is 0 Å². The fourth-order valence-electron chi connectivity index (χ4n) is 1.03. The third-order valence-corrected chi connectivity index (χ3v) is 2.36. The van der Waals surface area contributed by atoms with Crippen LogP contribution in [0.1, 0.15) is 0 Å². The Morgan fingerprint density at radius 3 is 3.50 bits per heavy atom. The molecule has 0 saturated heterocycles. The second-order valence-electron chi connectivity index (χ2n) is 2.42. The lowest BCUT2D eigenvalue weighted by Crippen LogP contribution is -2.29. The summed E-state index contributed by atoms with van der Waals surface area (Å²) in [7, 11) is 2.07. The van der Waals surface area contributed by atoms with Gasteiger partial charge >= 0.3 is 0 Å². The predicted molar refractivity (Wildman–Crippen MR) is 42.9 cm³/mol. The maximum absolute atomic E-state index is 4.09. The van der Waals surface area contributed by atoms with Gasteiger partial charge in [0.2, 0.25) is 0 Å². The summed E-state index contributed by atoms with van der Waals surface area (Å²) < 4.78 is 5.39. The van der Waals surface area contributed by atoms with Crippen LogP contribution in [0.25, 0.3) is 12.3 Å². The number of hydrogen-bond donors (Lipinski definition) is 0. The van der Waals surface area contributed by atoms with Crippen LogP contribution in [0.2, 0.25) is 0 Å². The second kappa shape index (κ2) is 2.09. The molecule has 0 fully saturated rings. The Morgan fingerprint density at radius 1 is 1.70 bits per heavy atom. The van der Waals surface area contributed by atoms with Gasteiger partial charge in [0.15, 0.2) is 0 Å². The summed E-state index contributed by atoms with van der Waals surface area (Å²) in [4.78, 5) is 2.15. The lowest BCUT2D eigenvalue weighted by Gasteiger charge is -2.11. The average Bonchev–Trinajstić information content (AvgIpc) is 2.33. The monoisotopic (exact) mass is 152 g/mol. The zero-order valence-electron chi connectivity index (χ0n) is 5.74. The van der Waals surface area contributed by atoms with Gasteiger partial charge in [0.05, 0.1) is 4.53 Å². The minimum Gasteiger partial charge on any atom is -0.376 e. The van der Waals surface area contributed by atoms with Gasteiger partial charge in [-0.3, -0.25) is 0 Å². The number of hydrogen-bond acceptors (Lipinski definition) is 3. The molecule has 2 heterocycles. The topological polar surface area (TPSA) is 16.1 Å². The highest BCUT2D eigenvalue weighted by Gasteiger charge is 1.97. The van der Waals surface area contributed by atoms with Crippen molar-refractivity contribution in [3.63, 3.8) is 0 Å². The van der Waals surface area contributed by atoms with Crippen molar-refractivity contribution in [3.05, 3.63) is 15.9 Å².